The van der Waals surface area contributed by atoms with Crippen molar-refractivity contribution in [3.63, 3.8) is 0 Å². The summed E-state index contributed by atoms with van der Waals surface area (Å²) in [6.07, 6.45) is 0. The number of hydrogen-bond acceptors (Lipinski definition) is 5. The third kappa shape index (κ3) is 3.09. The van der Waals surface area contributed by atoms with Gasteiger partial charge in [-0.3, -0.25) is 0 Å². The minimum absolute atomic E-state index is 0.0293. The van der Waals surface area contributed by atoms with Crippen LogP contribution < -0.4 is 20.3 Å². The van der Waals surface area contributed by atoms with Gasteiger partial charge in [0.25, 0.3) is 0 Å². The molecule has 0 bridgehead atoms. The van der Waals surface area contributed by atoms with E-state index in [1.54, 1.807) is 0 Å². The molecule has 0 atom stereocenters. The summed E-state index contributed by atoms with van der Waals surface area (Å²) in [5.41, 5.74) is 5.58. The van der Waals surface area contributed by atoms with Gasteiger partial charge in [0.1, 0.15) is 23.9 Å². The summed E-state index contributed by atoms with van der Waals surface area (Å²) in [6, 6.07) is 2.68. The number of nitrogens with zero attached hydrogens (tertiary/aromatic N) is 1. The summed E-state index contributed by atoms with van der Waals surface area (Å²) in [5.74, 6) is 0.736. The molecule has 0 amide bonds. The number of primary sulfonamides is 1. The minimum Gasteiger partial charge on any atom is -0.486 e. The molecule has 7 nitrogen and oxygen atoms in total. The number of aliphatic imine (C=N–C) groups is 1. The van der Waals surface area contributed by atoms with Crippen molar-refractivity contribution < 1.29 is 17.9 Å². The van der Waals surface area contributed by atoms with E-state index in [1.807, 2.05) is 0 Å². The van der Waals surface area contributed by atoms with Gasteiger partial charge in [0.15, 0.2) is 11.5 Å². The van der Waals surface area contributed by atoms with E-state index in [1.165, 1.54) is 12.1 Å². The number of rotatable bonds is 3. The van der Waals surface area contributed by atoms with E-state index in [9.17, 15) is 8.42 Å². The average Bonchev–Trinajstić information content (AvgIpc) is 2.36. The maximum atomic E-state index is 11.5. The summed E-state index contributed by atoms with van der Waals surface area (Å²) < 4.78 is 33.7. The van der Waals surface area contributed by atoms with Crippen molar-refractivity contribution in [1.82, 2.24) is 0 Å². The number of benzene rings is 1. The lowest BCUT2D eigenvalue weighted by molar-refractivity contribution is 0.171. The smallest absolute Gasteiger partial charge is 0.240 e. The van der Waals surface area contributed by atoms with E-state index in [2.05, 4.69) is 4.99 Å². The highest BCUT2D eigenvalue weighted by molar-refractivity contribution is 7.89. The first-order chi connectivity index (χ1) is 8.91. The molecule has 0 spiro atoms. The van der Waals surface area contributed by atoms with Gasteiger partial charge >= 0.3 is 0 Å². The van der Waals surface area contributed by atoms with Gasteiger partial charge in [-0.1, -0.05) is 0 Å². The largest absolute Gasteiger partial charge is 0.486 e. The number of nitrogens with two attached hydrogens (primary N) is 2. The molecule has 2 rings (SSSR count). The Morgan fingerprint density at radius 3 is 2.42 bits per heavy atom. The van der Waals surface area contributed by atoms with E-state index >= 15 is 0 Å². The number of hydrogen-bond donors (Lipinski definition) is 2. The van der Waals surface area contributed by atoms with Gasteiger partial charge in [-0.05, 0) is 0 Å². The van der Waals surface area contributed by atoms with Crippen molar-refractivity contribution in [3.05, 3.63) is 12.1 Å². The van der Waals surface area contributed by atoms with E-state index in [0.29, 0.717) is 24.7 Å². The van der Waals surface area contributed by atoms with Crippen LogP contribution in [0.1, 0.15) is 0 Å². The zero-order valence-electron chi connectivity index (χ0n) is 9.80. The molecule has 1 aromatic carbocycles. The Labute approximate surface area is 115 Å². The predicted molar refractivity (Wildman–Crippen MR) is 70.8 cm³/mol. The van der Waals surface area contributed by atoms with Crippen molar-refractivity contribution >= 4 is 33.1 Å². The molecule has 4 N–H and O–H groups in total. The molecule has 0 aliphatic carbocycles. The van der Waals surface area contributed by atoms with Gasteiger partial charge in [-0.15, -0.1) is 11.6 Å². The highest BCUT2D eigenvalue weighted by Gasteiger charge is 2.21. The predicted octanol–water partition coefficient (Wildman–Crippen LogP) is 0.333. The second-order valence-corrected chi connectivity index (χ2v) is 5.54. The molecule has 1 aromatic rings. The van der Waals surface area contributed by atoms with Crippen LogP contribution in [0.5, 0.6) is 11.5 Å². The Morgan fingerprint density at radius 2 is 1.89 bits per heavy atom. The zero-order chi connectivity index (χ0) is 14.0. The van der Waals surface area contributed by atoms with Gasteiger partial charge in [0.05, 0.1) is 11.6 Å². The van der Waals surface area contributed by atoms with Gasteiger partial charge in [-0.2, -0.15) is 0 Å². The fraction of sp³-hybridized carbons (Fsp3) is 0.300. The maximum Gasteiger partial charge on any atom is 0.240 e. The number of fused-ring (bicyclic) bond motifs is 1. The maximum absolute atomic E-state index is 11.5. The lowest BCUT2D eigenvalue weighted by Gasteiger charge is -2.19. The molecule has 104 valence electrons. The number of sulfonamides is 1. The van der Waals surface area contributed by atoms with Crippen LogP contribution in [0.25, 0.3) is 0 Å². The van der Waals surface area contributed by atoms with Crippen LogP contribution in [-0.2, 0) is 10.0 Å². The third-order valence-corrected chi connectivity index (χ3v) is 3.55. The molecular weight excluding hydrogens is 294 g/mol. The van der Waals surface area contributed by atoms with Crippen LogP contribution in [-0.4, -0.2) is 33.3 Å². The quantitative estimate of drug-likeness (QED) is 0.474. The molecule has 0 radical (unpaired) electrons. The van der Waals surface area contributed by atoms with Crippen LogP contribution in [0.2, 0.25) is 0 Å². The van der Waals surface area contributed by atoms with E-state index in [-0.39, 0.29) is 22.3 Å². The molecule has 1 aliphatic rings. The van der Waals surface area contributed by atoms with Crippen LogP contribution >= 0.6 is 11.6 Å². The SMILES string of the molecule is NC(CCl)=Nc1cc2c(cc1S(N)(=O)=O)OCCO2. The second kappa shape index (κ2) is 5.24. The molecule has 0 saturated heterocycles. The average molecular weight is 306 g/mol. The Morgan fingerprint density at radius 1 is 1.32 bits per heavy atom. The second-order valence-electron chi connectivity index (χ2n) is 3.75. The fourth-order valence-corrected chi connectivity index (χ4v) is 2.29. The molecule has 1 aliphatic heterocycles. The molecule has 0 aromatic heterocycles. The normalized spacial score (nSPS) is 15.4. The Kier molecular flexibility index (Phi) is 3.83. The highest BCUT2D eigenvalue weighted by atomic mass is 35.5. The van der Waals surface area contributed by atoms with Crippen LogP contribution in [0.15, 0.2) is 22.0 Å². The summed E-state index contributed by atoms with van der Waals surface area (Å²) in [4.78, 5) is 3.73. The summed E-state index contributed by atoms with van der Waals surface area (Å²) in [5, 5.41) is 5.14. The van der Waals surface area contributed by atoms with Crippen LogP contribution in [0.3, 0.4) is 0 Å². The first-order valence-corrected chi connectivity index (χ1v) is 7.35. The lowest BCUT2D eigenvalue weighted by atomic mass is 10.2. The van der Waals surface area contributed by atoms with Crippen LogP contribution in [0, 0.1) is 0 Å². The number of halogens is 1. The Balaban J connectivity index is 2.62. The summed E-state index contributed by atoms with van der Waals surface area (Å²) in [6.45, 7) is 0.708. The summed E-state index contributed by atoms with van der Waals surface area (Å²) >= 11 is 5.52. The first-order valence-electron chi connectivity index (χ1n) is 5.27. The van der Waals surface area contributed by atoms with Crippen LogP contribution in [0.4, 0.5) is 5.69 Å². The highest BCUT2D eigenvalue weighted by Crippen LogP contribution is 2.38. The molecule has 9 heteroatoms. The first kappa shape index (κ1) is 13.9. The zero-order valence-corrected chi connectivity index (χ0v) is 11.4. The molecule has 19 heavy (non-hydrogen) atoms. The molecule has 1 heterocycles. The van der Waals surface area contributed by atoms with Gasteiger partial charge in [0.2, 0.25) is 10.0 Å². The van der Waals surface area contributed by atoms with Crippen molar-refractivity contribution in [3.8, 4) is 11.5 Å². The van der Waals surface area contributed by atoms with Crippen molar-refractivity contribution in [2.24, 2.45) is 15.9 Å². The minimum atomic E-state index is -3.96. The fourth-order valence-electron chi connectivity index (χ4n) is 1.56. The van der Waals surface area contributed by atoms with Crippen molar-refractivity contribution in [2.45, 2.75) is 4.90 Å². The Bertz CT molecular complexity index is 630. The van der Waals surface area contributed by atoms with E-state index < -0.39 is 10.0 Å². The molecular formula is C10H12ClN3O4S. The molecule has 0 saturated carbocycles. The van der Waals surface area contributed by atoms with Gasteiger partial charge in [-0.25, -0.2) is 18.5 Å². The summed E-state index contributed by atoms with van der Waals surface area (Å²) in [7, 11) is -3.96. The van der Waals surface area contributed by atoms with E-state index in [0.717, 1.165) is 0 Å². The molecule has 0 fully saturated rings. The lowest BCUT2D eigenvalue weighted by Crippen LogP contribution is -2.18. The van der Waals surface area contributed by atoms with Gasteiger partial charge < -0.3 is 15.2 Å². The van der Waals surface area contributed by atoms with E-state index in [4.69, 9.17) is 31.9 Å². The number of ether oxygens (including phenoxy) is 2. The van der Waals surface area contributed by atoms with Crippen molar-refractivity contribution in [1.29, 1.82) is 0 Å². The van der Waals surface area contributed by atoms with Crippen molar-refractivity contribution in [2.75, 3.05) is 19.1 Å². The number of amidine groups is 1. The monoisotopic (exact) mass is 305 g/mol. The third-order valence-electron chi connectivity index (χ3n) is 2.33. The van der Waals surface area contributed by atoms with Gasteiger partial charge in [0, 0.05) is 12.1 Å². The standard InChI is InChI=1S/C10H12ClN3O4S/c11-5-10(12)14-6-3-7-8(18-2-1-17-7)4-9(6)19(13,15)16/h3-4H,1-2,5H2,(H2,12,14)(H2,13,15,16). The Hall–Kier alpha value is -1.51. The number of alkyl halides is 1. The topological polar surface area (TPSA) is 117 Å². The molecule has 0 unspecified atom stereocenters.